The highest BCUT2D eigenvalue weighted by atomic mass is 16.5. The third kappa shape index (κ3) is 1.99. The van der Waals surface area contributed by atoms with E-state index in [0.717, 1.165) is 23.1 Å². The highest BCUT2D eigenvalue weighted by molar-refractivity contribution is 5.72. The minimum absolute atomic E-state index is 0.605. The zero-order valence-corrected chi connectivity index (χ0v) is 11.7. The van der Waals surface area contributed by atoms with Crippen LogP contribution in [0.2, 0.25) is 0 Å². The first kappa shape index (κ1) is 11.9. The van der Waals surface area contributed by atoms with Crippen molar-refractivity contribution >= 4 is 5.69 Å². The average Bonchev–Trinajstić information content (AvgIpc) is 3.16. The molecular formula is C16H19N3O. The van der Waals surface area contributed by atoms with Gasteiger partial charge < -0.3 is 9.84 Å². The number of nitrogens with one attached hydrogen (secondary N) is 1. The quantitative estimate of drug-likeness (QED) is 0.924. The minimum Gasteiger partial charge on any atom is -0.381 e. The van der Waals surface area contributed by atoms with Crippen molar-refractivity contribution in [1.29, 1.82) is 0 Å². The van der Waals surface area contributed by atoms with Crippen LogP contribution in [0.4, 0.5) is 5.69 Å². The zero-order valence-electron chi connectivity index (χ0n) is 11.7. The Bertz CT molecular complexity index is 622. The van der Waals surface area contributed by atoms with Crippen molar-refractivity contribution < 1.29 is 4.52 Å². The molecular weight excluding hydrogens is 250 g/mol. The van der Waals surface area contributed by atoms with Crippen LogP contribution in [-0.4, -0.2) is 16.2 Å². The van der Waals surface area contributed by atoms with Crippen LogP contribution in [0, 0.1) is 18.8 Å². The van der Waals surface area contributed by atoms with E-state index in [1.807, 2.05) is 19.1 Å². The van der Waals surface area contributed by atoms with E-state index in [9.17, 15) is 0 Å². The molecule has 2 aromatic rings. The molecule has 2 aliphatic rings. The van der Waals surface area contributed by atoms with Crippen LogP contribution in [0.3, 0.4) is 0 Å². The lowest BCUT2D eigenvalue weighted by molar-refractivity contribution is 0.425. The maximum absolute atomic E-state index is 5.32. The number of benzene rings is 1. The Morgan fingerprint density at radius 3 is 2.80 bits per heavy atom. The molecule has 0 amide bonds. The summed E-state index contributed by atoms with van der Waals surface area (Å²) in [5.74, 6) is 3.07. The van der Waals surface area contributed by atoms with Crippen LogP contribution in [0.5, 0.6) is 0 Å². The number of hydrogen-bond acceptors (Lipinski definition) is 4. The predicted molar refractivity (Wildman–Crippen MR) is 77.3 cm³/mol. The number of anilines is 1. The molecule has 0 radical (unpaired) electrons. The Labute approximate surface area is 118 Å². The van der Waals surface area contributed by atoms with E-state index >= 15 is 0 Å². The molecule has 2 fully saturated rings. The molecule has 2 saturated carbocycles. The fourth-order valence-electron chi connectivity index (χ4n) is 3.82. The van der Waals surface area contributed by atoms with Crippen molar-refractivity contribution in [2.45, 2.75) is 38.6 Å². The molecule has 1 N–H and O–H groups in total. The number of rotatable bonds is 3. The molecule has 2 bridgehead atoms. The van der Waals surface area contributed by atoms with Gasteiger partial charge in [-0.25, -0.2) is 0 Å². The highest BCUT2D eigenvalue weighted by Crippen LogP contribution is 2.46. The van der Waals surface area contributed by atoms with Gasteiger partial charge in [0, 0.05) is 11.7 Å². The number of aryl methyl sites for hydroxylation is 1. The molecule has 3 unspecified atom stereocenters. The molecule has 4 rings (SSSR count). The highest BCUT2D eigenvalue weighted by Gasteiger charge is 2.39. The van der Waals surface area contributed by atoms with E-state index in [2.05, 4.69) is 27.6 Å². The Hall–Kier alpha value is -1.84. The van der Waals surface area contributed by atoms with Crippen molar-refractivity contribution in [3.05, 3.63) is 30.1 Å². The monoisotopic (exact) mass is 269 g/mol. The molecule has 3 atom stereocenters. The summed E-state index contributed by atoms with van der Waals surface area (Å²) < 4.78 is 5.32. The van der Waals surface area contributed by atoms with E-state index in [1.165, 1.54) is 25.7 Å². The molecule has 0 aliphatic heterocycles. The first-order valence-corrected chi connectivity index (χ1v) is 7.46. The van der Waals surface area contributed by atoms with Gasteiger partial charge >= 0.3 is 0 Å². The van der Waals surface area contributed by atoms with Crippen LogP contribution in [0.15, 0.2) is 28.8 Å². The molecule has 4 nitrogen and oxygen atoms in total. The summed E-state index contributed by atoms with van der Waals surface area (Å²) in [6.45, 7) is 1.85. The summed E-state index contributed by atoms with van der Waals surface area (Å²) in [7, 11) is 0. The standard InChI is InChI=1S/C16H19N3O/c1-10-17-16(20-19-10)13-4-2-3-5-14(13)18-15-9-11-6-7-12(15)8-11/h2-5,11-12,15,18H,6-9H2,1H3. The third-order valence-electron chi connectivity index (χ3n) is 4.76. The zero-order chi connectivity index (χ0) is 13.5. The molecule has 4 heteroatoms. The molecule has 0 saturated heterocycles. The maximum atomic E-state index is 5.32. The Morgan fingerprint density at radius 1 is 1.20 bits per heavy atom. The lowest BCUT2D eigenvalue weighted by Crippen LogP contribution is -2.26. The van der Waals surface area contributed by atoms with E-state index < -0.39 is 0 Å². The van der Waals surface area contributed by atoms with Gasteiger partial charge in [-0.2, -0.15) is 4.98 Å². The SMILES string of the molecule is Cc1noc(-c2ccccc2NC2CC3CCC2C3)n1. The van der Waals surface area contributed by atoms with E-state index in [-0.39, 0.29) is 0 Å². The summed E-state index contributed by atoms with van der Waals surface area (Å²) in [5, 5.41) is 7.61. The Balaban J connectivity index is 1.62. The topological polar surface area (TPSA) is 51.0 Å². The number of hydrogen-bond donors (Lipinski definition) is 1. The number of para-hydroxylation sites is 1. The fraction of sp³-hybridized carbons (Fsp3) is 0.500. The summed E-state index contributed by atoms with van der Waals surface area (Å²) in [4.78, 5) is 4.35. The first-order valence-electron chi connectivity index (χ1n) is 7.46. The number of fused-ring (bicyclic) bond motifs is 2. The molecule has 1 aromatic heterocycles. The van der Waals surface area contributed by atoms with Gasteiger partial charge in [-0.05, 0) is 50.2 Å². The fourth-order valence-corrected chi connectivity index (χ4v) is 3.82. The second-order valence-corrected chi connectivity index (χ2v) is 6.12. The van der Waals surface area contributed by atoms with E-state index in [0.29, 0.717) is 17.8 Å². The van der Waals surface area contributed by atoms with Crippen LogP contribution >= 0.6 is 0 Å². The van der Waals surface area contributed by atoms with Crippen LogP contribution in [0.1, 0.15) is 31.5 Å². The van der Waals surface area contributed by atoms with Crippen LogP contribution in [0.25, 0.3) is 11.5 Å². The van der Waals surface area contributed by atoms with Crippen molar-refractivity contribution in [3.8, 4) is 11.5 Å². The van der Waals surface area contributed by atoms with Crippen LogP contribution < -0.4 is 5.32 Å². The Morgan fingerprint density at radius 2 is 2.10 bits per heavy atom. The normalized spacial score (nSPS) is 27.9. The van der Waals surface area contributed by atoms with Gasteiger partial charge in [0.05, 0.1) is 5.56 Å². The van der Waals surface area contributed by atoms with Gasteiger partial charge in [0.2, 0.25) is 0 Å². The molecule has 104 valence electrons. The van der Waals surface area contributed by atoms with Gasteiger partial charge in [-0.3, -0.25) is 0 Å². The van der Waals surface area contributed by atoms with Gasteiger partial charge in [0.25, 0.3) is 5.89 Å². The Kier molecular flexibility index (Phi) is 2.76. The van der Waals surface area contributed by atoms with E-state index in [4.69, 9.17) is 4.52 Å². The molecule has 1 aromatic carbocycles. The molecule has 20 heavy (non-hydrogen) atoms. The van der Waals surface area contributed by atoms with Gasteiger partial charge in [0.15, 0.2) is 5.82 Å². The van der Waals surface area contributed by atoms with Gasteiger partial charge in [-0.1, -0.05) is 23.7 Å². The summed E-state index contributed by atoms with van der Waals surface area (Å²) >= 11 is 0. The lowest BCUT2D eigenvalue weighted by Gasteiger charge is -2.24. The third-order valence-corrected chi connectivity index (χ3v) is 4.76. The van der Waals surface area contributed by atoms with Gasteiger partial charge in [-0.15, -0.1) is 0 Å². The van der Waals surface area contributed by atoms with Crippen molar-refractivity contribution in [2.75, 3.05) is 5.32 Å². The smallest absolute Gasteiger partial charge is 0.260 e. The lowest BCUT2D eigenvalue weighted by atomic mass is 9.95. The van der Waals surface area contributed by atoms with Crippen molar-refractivity contribution in [3.63, 3.8) is 0 Å². The maximum Gasteiger partial charge on any atom is 0.260 e. The summed E-state index contributed by atoms with van der Waals surface area (Å²) in [5.41, 5.74) is 2.13. The van der Waals surface area contributed by atoms with Crippen molar-refractivity contribution in [1.82, 2.24) is 10.1 Å². The van der Waals surface area contributed by atoms with Crippen molar-refractivity contribution in [2.24, 2.45) is 11.8 Å². The number of nitrogens with zero attached hydrogens (tertiary/aromatic N) is 2. The molecule has 2 aliphatic carbocycles. The van der Waals surface area contributed by atoms with Crippen LogP contribution in [-0.2, 0) is 0 Å². The molecule has 0 spiro atoms. The summed E-state index contributed by atoms with van der Waals surface area (Å²) in [6.07, 6.45) is 5.51. The first-order chi connectivity index (χ1) is 9.79. The summed E-state index contributed by atoms with van der Waals surface area (Å²) in [6, 6.07) is 8.84. The minimum atomic E-state index is 0.605. The van der Waals surface area contributed by atoms with E-state index in [1.54, 1.807) is 0 Å². The van der Waals surface area contributed by atoms with Gasteiger partial charge in [0.1, 0.15) is 0 Å². The predicted octanol–water partition coefficient (Wildman–Crippen LogP) is 3.65. The number of aromatic nitrogens is 2. The average molecular weight is 269 g/mol. The second kappa shape index (κ2) is 4.62. The second-order valence-electron chi connectivity index (χ2n) is 6.12. The largest absolute Gasteiger partial charge is 0.381 e. The molecule has 1 heterocycles.